The number of aromatic nitrogens is 2. The Hall–Kier alpha value is -3.08. The summed E-state index contributed by atoms with van der Waals surface area (Å²) in [6.45, 7) is 6.32. The molecule has 0 radical (unpaired) electrons. The van der Waals surface area contributed by atoms with Crippen molar-refractivity contribution in [2.24, 2.45) is 0 Å². The van der Waals surface area contributed by atoms with E-state index in [-0.39, 0.29) is 0 Å². The molecule has 3 rings (SSSR count). The maximum atomic E-state index is 5.18. The molecule has 0 unspecified atom stereocenters. The molecule has 1 heterocycles. The number of methoxy groups -OCH3 is 1. The average Bonchev–Trinajstić information content (AvgIpc) is 2.62. The van der Waals surface area contributed by atoms with Crippen molar-refractivity contribution < 1.29 is 4.74 Å². The van der Waals surface area contributed by atoms with E-state index < -0.39 is 0 Å². The maximum absolute atomic E-state index is 5.18. The van der Waals surface area contributed by atoms with Crippen LogP contribution in [0.3, 0.4) is 0 Å². The Morgan fingerprint density at radius 2 is 1.46 bits per heavy atom. The van der Waals surface area contributed by atoms with Crippen molar-refractivity contribution in [3.05, 3.63) is 65.9 Å². The molecule has 0 spiro atoms. The van der Waals surface area contributed by atoms with Gasteiger partial charge in [0, 0.05) is 23.1 Å². The van der Waals surface area contributed by atoms with Gasteiger partial charge in [0.15, 0.2) is 0 Å². The molecule has 0 saturated heterocycles. The van der Waals surface area contributed by atoms with E-state index in [1.165, 1.54) is 5.56 Å². The molecule has 0 amide bonds. The molecule has 0 aliphatic rings. The molecule has 5 heteroatoms. The van der Waals surface area contributed by atoms with Gasteiger partial charge < -0.3 is 15.4 Å². The second-order valence-electron chi connectivity index (χ2n) is 6.47. The molecule has 3 aromatic rings. The van der Waals surface area contributed by atoms with Crippen molar-refractivity contribution in [3.8, 4) is 5.75 Å². The number of rotatable bonds is 6. The first kappa shape index (κ1) is 17.7. The smallest absolute Gasteiger partial charge is 0.229 e. The van der Waals surface area contributed by atoms with Gasteiger partial charge in [-0.25, -0.2) is 4.98 Å². The molecule has 0 fully saturated rings. The molecule has 1 aromatic heterocycles. The number of hydrogen-bond acceptors (Lipinski definition) is 5. The standard InChI is InChI=1S/C21H24N4O/c1-14(2)16-5-7-18(8-6-16)24-21-22-15(3)13-20(25-21)23-17-9-11-19(26-4)12-10-17/h5-14H,1-4H3,(H2,22,23,24,25). The highest BCUT2D eigenvalue weighted by Gasteiger charge is 2.05. The summed E-state index contributed by atoms with van der Waals surface area (Å²) in [5.41, 5.74) is 4.10. The van der Waals surface area contributed by atoms with Gasteiger partial charge in [-0.05, 0) is 54.8 Å². The number of nitrogens with zero attached hydrogens (tertiary/aromatic N) is 2. The molecule has 0 saturated carbocycles. The first-order valence-corrected chi connectivity index (χ1v) is 8.67. The highest BCUT2D eigenvalue weighted by Crippen LogP contribution is 2.22. The summed E-state index contributed by atoms with van der Waals surface area (Å²) in [6, 6.07) is 18.0. The van der Waals surface area contributed by atoms with Crippen LogP contribution in [-0.2, 0) is 0 Å². The zero-order valence-corrected chi connectivity index (χ0v) is 15.6. The van der Waals surface area contributed by atoms with Crippen LogP contribution in [0.15, 0.2) is 54.6 Å². The number of nitrogens with one attached hydrogen (secondary N) is 2. The number of aryl methyl sites for hydroxylation is 1. The van der Waals surface area contributed by atoms with Gasteiger partial charge in [0.1, 0.15) is 11.6 Å². The van der Waals surface area contributed by atoms with E-state index >= 15 is 0 Å². The van der Waals surface area contributed by atoms with E-state index in [0.29, 0.717) is 11.9 Å². The molecule has 134 valence electrons. The number of benzene rings is 2. The molecule has 0 aliphatic heterocycles. The van der Waals surface area contributed by atoms with Crippen LogP contribution >= 0.6 is 0 Å². The third-order valence-electron chi connectivity index (χ3n) is 4.05. The van der Waals surface area contributed by atoms with Gasteiger partial charge in [-0.15, -0.1) is 0 Å². The largest absolute Gasteiger partial charge is 0.497 e. The zero-order valence-electron chi connectivity index (χ0n) is 15.6. The van der Waals surface area contributed by atoms with Crippen molar-refractivity contribution in [2.45, 2.75) is 26.7 Å². The van der Waals surface area contributed by atoms with Crippen LogP contribution in [-0.4, -0.2) is 17.1 Å². The normalized spacial score (nSPS) is 10.7. The Balaban J connectivity index is 1.76. The lowest BCUT2D eigenvalue weighted by Crippen LogP contribution is -2.02. The minimum absolute atomic E-state index is 0.513. The lowest BCUT2D eigenvalue weighted by Gasteiger charge is -2.11. The third-order valence-corrected chi connectivity index (χ3v) is 4.05. The summed E-state index contributed by atoms with van der Waals surface area (Å²) in [5.74, 6) is 2.64. The summed E-state index contributed by atoms with van der Waals surface area (Å²) in [7, 11) is 1.65. The minimum Gasteiger partial charge on any atom is -0.497 e. The molecule has 26 heavy (non-hydrogen) atoms. The first-order valence-electron chi connectivity index (χ1n) is 8.67. The lowest BCUT2D eigenvalue weighted by atomic mass is 10.0. The highest BCUT2D eigenvalue weighted by molar-refractivity contribution is 5.61. The van der Waals surface area contributed by atoms with Crippen LogP contribution in [0.5, 0.6) is 5.75 Å². The fourth-order valence-electron chi connectivity index (χ4n) is 2.59. The quantitative estimate of drug-likeness (QED) is 0.624. The molecular formula is C21H24N4O. The number of anilines is 4. The summed E-state index contributed by atoms with van der Waals surface area (Å²) in [4.78, 5) is 9.03. The number of ether oxygens (including phenoxy) is 1. The van der Waals surface area contributed by atoms with Crippen molar-refractivity contribution in [1.29, 1.82) is 0 Å². The van der Waals surface area contributed by atoms with Crippen LogP contribution in [0.2, 0.25) is 0 Å². The fraction of sp³-hybridized carbons (Fsp3) is 0.238. The van der Waals surface area contributed by atoms with Gasteiger partial charge in [-0.3, -0.25) is 0 Å². The molecule has 0 atom stereocenters. The Bertz CT molecular complexity index is 858. The monoisotopic (exact) mass is 348 g/mol. The first-order chi connectivity index (χ1) is 12.5. The second kappa shape index (κ2) is 7.87. The topological polar surface area (TPSA) is 59.1 Å². The molecule has 2 aromatic carbocycles. The van der Waals surface area contributed by atoms with Crippen molar-refractivity contribution in [1.82, 2.24) is 9.97 Å². The Morgan fingerprint density at radius 3 is 2.08 bits per heavy atom. The molecule has 5 nitrogen and oxygen atoms in total. The Morgan fingerprint density at radius 1 is 0.846 bits per heavy atom. The number of hydrogen-bond donors (Lipinski definition) is 2. The predicted octanol–water partition coefficient (Wildman–Crippen LogP) is 5.40. The van der Waals surface area contributed by atoms with Crippen LogP contribution in [0.1, 0.15) is 31.0 Å². The summed E-state index contributed by atoms with van der Waals surface area (Å²) < 4.78 is 5.18. The fourth-order valence-corrected chi connectivity index (χ4v) is 2.59. The van der Waals surface area contributed by atoms with Gasteiger partial charge in [0.05, 0.1) is 7.11 Å². The van der Waals surface area contributed by atoms with Crippen LogP contribution in [0.4, 0.5) is 23.1 Å². The zero-order chi connectivity index (χ0) is 18.5. The molecule has 2 N–H and O–H groups in total. The van der Waals surface area contributed by atoms with E-state index in [4.69, 9.17) is 4.74 Å². The van der Waals surface area contributed by atoms with E-state index in [1.54, 1.807) is 7.11 Å². The van der Waals surface area contributed by atoms with Crippen molar-refractivity contribution >= 4 is 23.1 Å². The molecule has 0 bridgehead atoms. The van der Waals surface area contributed by atoms with Crippen LogP contribution in [0, 0.1) is 6.92 Å². The predicted molar refractivity (Wildman–Crippen MR) is 107 cm³/mol. The van der Waals surface area contributed by atoms with Gasteiger partial charge in [0.25, 0.3) is 0 Å². The van der Waals surface area contributed by atoms with Gasteiger partial charge in [-0.1, -0.05) is 26.0 Å². The minimum atomic E-state index is 0.513. The van der Waals surface area contributed by atoms with E-state index in [1.807, 2.05) is 37.3 Å². The molecular weight excluding hydrogens is 324 g/mol. The third kappa shape index (κ3) is 4.51. The second-order valence-corrected chi connectivity index (χ2v) is 6.47. The van der Waals surface area contributed by atoms with Gasteiger partial charge >= 0.3 is 0 Å². The maximum Gasteiger partial charge on any atom is 0.229 e. The summed E-state index contributed by atoms with van der Waals surface area (Å²) >= 11 is 0. The Labute approximate surface area is 154 Å². The lowest BCUT2D eigenvalue weighted by molar-refractivity contribution is 0.415. The SMILES string of the molecule is COc1ccc(Nc2cc(C)nc(Nc3ccc(C(C)C)cc3)n2)cc1. The van der Waals surface area contributed by atoms with Crippen molar-refractivity contribution in [2.75, 3.05) is 17.7 Å². The highest BCUT2D eigenvalue weighted by atomic mass is 16.5. The van der Waals surface area contributed by atoms with Gasteiger partial charge in [-0.2, -0.15) is 4.98 Å². The van der Waals surface area contributed by atoms with E-state index in [2.05, 4.69) is 58.7 Å². The summed E-state index contributed by atoms with van der Waals surface area (Å²) in [6.07, 6.45) is 0. The van der Waals surface area contributed by atoms with E-state index in [0.717, 1.165) is 28.6 Å². The van der Waals surface area contributed by atoms with Crippen LogP contribution < -0.4 is 15.4 Å². The average molecular weight is 348 g/mol. The summed E-state index contributed by atoms with van der Waals surface area (Å²) in [5, 5.41) is 6.57. The Kier molecular flexibility index (Phi) is 5.37. The van der Waals surface area contributed by atoms with Crippen LogP contribution in [0.25, 0.3) is 0 Å². The van der Waals surface area contributed by atoms with Crippen molar-refractivity contribution in [3.63, 3.8) is 0 Å². The van der Waals surface area contributed by atoms with E-state index in [9.17, 15) is 0 Å². The van der Waals surface area contributed by atoms with Gasteiger partial charge in [0.2, 0.25) is 5.95 Å². The molecule has 0 aliphatic carbocycles.